The van der Waals surface area contributed by atoms with Crippen molar-refractivity contribution in [2.75, 3.05) is 12.3 Å². The lowest BCUT2D eigenvalue weighted by molar-refractivity contribution is -0.119. The van der Waals surface area contributed by atoms with Gasteiger partial charge in [-0.1, -0.05) is 6.92 Å². The molecule has 0 bridgehead atoms. The molecule has 1 amide bonds. The van der Waals surface area contributed by atoms with Gasteiger partial charge in [0.05, 0.1) is 18.1 Å². The van der Waals surface area contributed by atoms with Crippen LogP contribution in [0.4, 0.5) is 0 Å². The topological polar surface area (TPSA) is 68.3 Å². The van der Waals surface area contributed by atoms with Crippen LogP contribution in [0.5, 0.6) is 0 Å². The van der Waals surface area contributed by atoms with Gasteiger partial charge in [0.1, 0.15) is 5.76 Å². The highest BCUT2D eigenvalue weighted by Gasteiger charge is 2.13. The van der Waals surface area contributed by atoms with Crippen LogP contribution < -0.4 is 11.1 Å². The Bertz CT molecular complexity index is 288. The molecular weight excluding hydrogens is 212 g/mol. The second kappa shape index (κ2) is 6.53. The summed E-state index contributed by atoms with van der Waals surface area (Å²) >= 11 is 1.63. The second-order valence-corrected chi connectivity index (χ2v) is 4.14. The van der Waals surface area contributed by atoms with Gasteiger partial charge in [-0.15, -0.1) is 0 Å². The molecule has 1 rings (SSSR count). The number of carbonyl (C=O) groups excluding carboxylic acids is 1. The Hall–Kier alpha value is -0.940. The van der Waals surface area contributed by atoms with E-state index in [0.29, 0.717) is 5.75 Å². The minimum atomic E-state index is -0.302. The lowest BCUT2D eigenvalue weighted by atomic mass is 10.3. The van der Waals surface area contributed by atoms with Crippen LogP contribution in [0.1, 0.15) is 12.7 Å². The summed E-state index contributed by atoms with van der Waals surface area (Å²) < 4.78 is 5.18. The summed E-state index contributed by atoms with van der Waals surface area (Å²) in [6.45, 7) is 2.70. The molecule has 4 nitrogen and oxygen atoms in total. The van der Waals surface area contributed by atoms with Gasteiger partial charge in [0.25, 0.3) is 0 Å². The predicted octanol–water partition coefficient (Wildman–Crippen LogP) is 0.976. The van der Waals surface area contributed by atoms with Crippen LogP contribution in [-0.2, 0) is 10.5 Å². The average molecular weight is 228 g/mol. The third-order valence-electron chi connectivity index (χ3n) is 1.90. The van der Waals surface area contributed by atoms with Gasteiger partial charge < -0.3 is 15.5 Å². The molecular formula is C10H16N2O2S. The van der Waals surface area contributed by atoms with Gasteiger partial charge in [-0.2, -0.15) is 11.8 Å². The summed E-state index contributed by atoms with van der Waals surface area (Å²) in [5.41, 5.74) is 5.24. The number of thioether (sulfide) groups is 1. The molecule has 0 aliphatic carbocycles. The molecule has 0 aliphatic rings. The van der Waals surface area contributed by atoms with E-state index in [1.54, 1.807) is 18.0 Å². The first kappa shape index (κ1) is 12.1. The van der Waals surface area contributed by atoms with Gasteiger partial charge in [0, 0.05) is 5.75 Å². The van der Waals surface area contributed by atoms with Crippen LogP contribution >= 0.6 is 11.8 Å². The average Bonchev–Trinajstić information content (AvgIpc) is 2.69. The fourth-order valence-corrected chi connectivity index (χ4v) is 2.16. The Balaban J connectivity index is 2.25. The Morgan fingerprint density at radius 2 is 2.53 bits per heavy atom. The number of likely N-dealkylation sites (N-methyl/N-ethyl adjacent to an activating group) is 1. The predicted molar refractivity (Wildman–Crippen MR) is 61.5 cm³/mol. The van der Waals surface area contributed by atoms with E-state index in [0.717, 1.165) is 18.1 Å². The number of primary amides is 1. The molecule has 15 heavy (non-hydrogen) atoms. The monoisotopic (exact) mass is 228 g/mol. The van der Waals surface area contributed by atoms with Crippen LogP contribution in [0, 0.1) is 0 Å². The minimum Gasteiger partial charge on any atom is -0.468 e. The van der Waals surface area contributed by atoms with Crippen molar-refractivity contribution in [1.82, 2.24) is 5.32 Å². The van der Waals surface area contributed by atoms with Crippen molar-refractivity contribution < 1.29 is 9.21 Å². The summed E-state index contributed by atoms with van der Waals surface area (Å²) in [4.78, 5) is 11.0. The van der Waals surface area contributed by atoms with Crippen molar-refractivity contribution in [3.05, 3.63) is 24.2 Å². The van der Waals surface area contributed by atoms with E-state index in [1.165, 1.54) is 0 Å². The van der Waals surface area contributed by atoms with Crippen molar-refractivity contribution in [3.8, 4) is 0 Å². The molecule has 0 aromatic carbocycles. The van der Waals surface area contributed by atoms with E-state index in [-0.39, 0.29) is 11.9 Å². The molecule has 0 spiro atoms. The summed E-state index contributed by atoms with van der Waals surface area (Å²) in [5.74, 6) is 2.05. The standard InChI is InChI=1S/C10H16N2O2S/c1-2-12-9(10(11)13)7-15-6-8-4-3-5-14-8/h3-5,9,12H,2,6-7H2,1H3,(H2,11,13). The first-order chi connectivity index (χ1) is 7.24. The summed E-state index contributed by atoms with van der Waals surface area (Å²) in [6.07, 6.45) is 1.64. The van der Waals surface area contributed by atoms with Crippen LogP contribution in [0.15, 0.2) is 22.8 Å². The number of furan rings is 1. The van der Waals surface area contributed by atoms with E-state index in [9.17, 15) is 4.79 Å². The van der Waals surface area contributed by atoms with E-state index in [1.807, 2.05) is 19.1 Å². The van der Waals surface area contributed by atoms with Crippen molar-refractivity contribution in [2.45, 2.75) is 18.7 Å². The van der Waals surface area contributed by atoms with Gasteiger partial charge in [0.15, 0.2) is 0 Å². The highest BCUT2D eigenvalue weighted by molar-refractivity contribution is 7.98. The summed E-state index contributed by atoms with van der Waals surface area (Å²) in [6, 6.07) is 3.51. The Kier molecular flexibility index (Phi) is 5.28. The quantitative estimate of drug-likeness (QED) is 0.730. The molecule has 84 valence electrons. The Labute approximate surface area is 93.6 Å². The highest BCUT2D eigenvalue weighted by atomic mass is 32.2. The number of nitrogens with one attached hydrogen (secondary N) is 1. The molecule has 0 aliphatic heterocycles. The molecule has 1 aromatic rings. The first-order valence-corrected chi connectivity index (χ1v) is 6.02. The largest absolute Gasteiger partial charge is 0.468 e. The normalized spacial score (nSPS) is 12.6. The maximum absolute atomic E-state index is 11.0. The second-order valence-electron chi connectivity index (χ2n) is 3.11. The lowest BCUT2D eigenvalue weighted by Crippen LogP contribution is -2.43. The van der Waals surface area contributed by atoms with Crippen molar-refractivity contribution in [3.63, 3.8) is 0 Å². The van der Waals surface area contributed by atoms with Gasteiger partial charge in [-0.05, 0) is 18.7 Å². The molecule has 5 heteroatoms. The van der Waals surface area contributed by atoms with Crippen LogP contribution in [0.3, 0.4) is 0 Å². The van der Waals surface area contributed by atoms with Crippen molar-refractivity contribution in [2.24, 2.45) is 5.73 Å². The lowest BCUT2D eigenvalue weighted by Gasteiger charge is -2.12. The zero-order valence-corrected chi connectivity index (χ0v) is 9.55. The number of hydrogen-bond donors (Lipinski definition) is 2. The zero-order valence-electron chi connectivity index (χ0n) is 8.73. The fourth-order valence-electron chi connectivity index (χ4n) is 1.16. The molecule has 0 saturated carbocycles. The Morgan fingerprint density at radius 3 is 3.07 bits per heavy atom. The van der Waals surface area contributed by atoms with Crippen molar-refractivity contribution in [1.29, 1.82) is 0 Å². The number of hydrogen-bond acceptors (Lipinski definition) is 4. The van der Waals surface area contributed by atoms with Gasteiger partial charge in [-0.25, -0.2) is 0 Å². The number of rotatable bonds is 7. The van der Waals surface area contributed by atoms with Crippen LogP contribution in [0.25, 0.3) is 0 Å². The van der Waals surface area contributed by atoms with Crippen LogP contribution in [-0.4, -0.2) is 24.2 Å². The maximum atomic E-state index is 11.0. The highest BCUT2D eigenvalue weighted by Crippen LogP contribution is 2.13. The van der Waals surface area contributed by atoms with E-state index in [4.69, 9.17) is 10.2 Å². The molecule has 1 aromatic heterocycles. The van der Waals surface area contributed by atoms with Gasteiger partial charge >= 0.3 is 0 Å². The third kappa shape index (κ3) is 4.40. The molecule has 0 saturated heterocycles. The number of nitrogens with two attached hydrogens (primary N) is 1. The molecule has 3 N–H and O–H groups in total. The SMILES string of the molecule is CCNC(CSCc1ccco1)C(N)=O. The Morgan fingerprint density at radius 1 is 1.73 bits per heavy atom. The van der Waals surface area contributed by atoms with Gasteiger partial charge in [0.2, 0.25) is 5.91 Å². The molecule has 1 atom stereocenters. The molecule has 1 heterocycles. The molecule has 0 radical (unpaired) electrons. The summed E-state index contributed by atoms with van der Waals surface area (Å²) in [7, 11) is 0. The van der Waals surface area contributed by atoms with E-state index < -0.39 is 0 Å². The van der Waals surface area contributed by atoms with E-state index in [2.05, 4.69) is 5.32 Å². The fraction of sp³-hybridized carbons (Fsp3) is 0.500. The minimum absolute atomic E-state index is 0.255. The number of amides is 1. The molecule has 0 fully saturated rings. The smallest absolute Gasteiger partial charge is 0.235 e. The van der Waals surface area contributed by atoms with E-state index >= 15 is 0 Å². The van der Waals surface area contributed by atoms with Crippen LogP contribution in [0.2, 0.25) is 0 Å². The third-order valence-corrected chi connectivity index (χ3v) is 2.96. The zero-order chi connectivity index (χ0) is 11.1. The summed E-state index contributed by atoms with van der Waals surface area (Å²) in [5, 5.41) is 3.04. The maximum Gasteiger partial charge on any atom is 0.235 e. The van der Waals surface area contributed by atoms with Crippen molar-refractivity contribution >= 4 is 17.7 Å². The first-order valence-electron chi connectivity index (χ1n) is 4.87. The molecule has 1 unspecified atom stereocenters. The van der Waals surface area contributed by atoms with Gasteiger partial charge in [-0.3, -0.25) is 4.79 Å². The number of carbonyl (C=O) groups is 1.